The van der Waals surface area contributed by atoms with Crippen LogP contribution in [0.3, 0.4) is 0 Å². The predicted molar refractivity (Wildman–Crippen MR) is 273 cm³/mol. The monoisotopic (exact) mass is 932 g/mol. The normalized spacial score (nSPS) is 14.8. The number of hydrogen-bond donors (Lipinski definition) is 2. The maximum atomic E-state index is 15.7. The summed E-state index contributed by atoms with van der Waals surface area (Å²) in [6.45, 7) is 14.2. The minimum absolute atomic E-state index is 0.137. The first-order valence-electron chi connectivity index (χ1n) is 25.1. The van der Waals surface area contributed by atoms with Gasteiger partial charge in [0.2, 0.25) is 0 Å². The van der Waals surface area contributed by atoms with Crippen molar-refractivity contribution >= 4 is 57.8 Å². The molecule has 2 aromatic carbocycles. The molecule has 4 aromatic rings. The Hall–Kier alpha value is -4.80. The number of benzene rings is 2. The molecular formula is C56H72N2O6S2. The summed E-state index contributed by atoms with van der Waals surface area (Å²) in [7, 11) is 0. The van der Waals surface area contributed by atoms with Gasteiger partial charge in [0, 0.05) is 22.8 Å². The first-order valence-corrected chi connectivity index (χ1v) is 26.7. The van der Waals surface area contributed by atoms with Crippen LogP contribution in [-0.4, -0.2) is 56.9 Å². The van der Waals surface area contributed by atoms with Gasteiger partial charge in [0.05, 0.1) is 43.4 Å². The SMILES string of the molecule is CCCCCCc1cc(C2=C3C(=O)N(CC(CC)CCCC)C(c4cc(CCCCCC)c(-c5cccc(C(=O)O)c5)s4)=C3C(=O)N2CC(CC)CCCC)sc1-c1cccc(C(=O)O)c1. The van der Waals surface area contributed by atoms with Crippen molar-refractivity contribution in [3.63, 3.8) is 0 Å². The number of unbranched alkanes of at least 4 members (excludes halogenated alkanes) is 8. The number of rotatable bonds is 28. The Morgan fingerprint density at radius 3 is 1.27 bits per heavy atom. The van der Waals surface area contributed by atoms with E-state index >= 15 is 9.59 Å². The third-order valence-electron chi connectivity index (χ3n) is 13.6. The average molecular weight is 933 g/mol. The average Bonchev–Trinajstić information content (AvgIpc) is 4.08. The number of aromatic carboxylic acids is 2. The Kier molecular flexibility index (Phi) is 18.6. The summed E-state index contributed by atoms with van der Waals surface area (Å²) < 4.78 is 0. The zero-order valence-corrected chi connectivity index (χ0v) is 41.9. The fraction of sp³-hybridized carbons (Fsp3) is 0.500. The molecular weight excluding hydrogens is 861 g/mol. The third-order valence-corrected chi connectivity index (χ3v) is 16.0. The molecule has 0 saturated heterocycles. The van der Waals surface area contributed by atoms with E-state index in [4.69, 9.17) is 0 Å². The van der Waals surface area contributed by atoms with Gasteiger partial charge in [-0.3, -0.25) is 9.59 Å². The van der Waals surface area contributed by atoms with Crippen LogP contribution in [0.15, 0.2) is 71.8 Å². The Labute approximate surface area is 401 Å². The third kappa shape index (κ3) is 11.6. The van der Waals surface area contributed by atoms with Gasteiger partial charge in [-0.15, -0.1) is 22.7 Å². The van der Waals surface area contributed by atoms with Crippen molar-refractivity contribution < 1.29 is 29.4 Å². The molecule has 4 heterocycles. The molecule has 8 nitrogen and oxygen atoms in total. The number of fused-ring (bicyclic) bond motifs is 1. The van der Waals surface area contributed by atoms with E-state index in [0.717, 1.165) is 157 Å². The number of nitrogens with zero attached hydrogens (tertiary/aromatic N) is 2. The molecule has 354 valence electrons. The highest BCUT2D eigenvalue weighted by Crippen LogP contribution is 2.52. The molecule has 0 aliphatic carbocycles. The smallest absolute Gasteiger partial charge is 0.335 e. The van der Waals surface area contributed by atoms with Crippen LogP contribution in [-0.2, 0) is 22.4 Å². The molecule has 10 heteroatoms. The Balaban J connectivity index is 1.62. The number of amides is 2. The first-order chi connectivity index (χ1) is 32.0. The molecule has 2 unspecified atom stereocenters. The van der Waals surface area contributed by atoms with Gasteiger partial charge in [0.15, 0.2) is 0 Å². The number of hydrogen-bond acceptors (Lipinski definition) is 6. The minimum Gasteiger partial charge on any atom is -0.478 e. The highest BCUT2D eigenvalue weighted by Gasteiger charge is 2.50. The molecule has 2 atom stereocenters. The van der Waals surface area contributed by atoms with Crippen molar-refractivity contribution in [2.24, 2.45) is 11.8 Å². The fourth-order valence-electron chi connectivity index (χ4n) is 9.63. The van der Waals surface area contributed by atoms with Crippen LogP contribution in [0.25, 0.3) is 32.3 Å². The molecule has 6 rings (SSSR count). The van der Waals surface area contributed by atoms with Crippen LogP contribution < -0.4 is 0 Å². The lowest BCUT2D eigenvalue weighted by atomic mass is 9.98. The molecule has 2 aromatic heterocycles. The second kappa shape index (κ2) is 24.3. The van der Waals surface area contributed by atoms with E-state index in [9.17, 15) is 19.8 Å². The summed E-state index contributed by atoms with van der Waals surface area (Å²) in [5.41, 5.74) is 6.63. The molecule has 0 bridgehead atoms. The summed E-state index contributed by atoms with van der Waals surface area (Å²) in [4.78, 5) is 63.3. The molecule has 66 heavy (non-hydrogen) atoms. The van der Waals surface area contributed by atoms with E-state index in [-0.39, 0.29) is 34.8 Å². The van der Waals surface area contributed by atoms with Crippen molar-refractivity contribution in [1.29, 1.82) is 0 Å². The predicted octanol–water partition coefficient (Wildman–Crippen LogP) is 15.0. The topological polar surface area (TPSA) is 115 Å². The van der Waals surface area contributed by atoms with Crippen LogP contribution in [0.5, 0.6) is 0 Å². The van der Waals surface area contributed by atoms with Crippen LogP contribution in [0.1, 0.15) is 186 Å². The number of aryl methyl sites for hydroxylation is 2. The van der Waals surface area contributed by atoms with Crippen molar-refractivity contribution in [2.75, 3.05) is 13.1 Å². The lowest BCUT2D eigenvalue weighted by molar-refractivity contribution is -0.124. The zero-order valence-electron chi connectivity index (χ0n) is 40.3. The number of thiophene rings is 2. The molecule has 2 amide bonds. The van der Waals surface area contributed by atoms with E-state index in [1.54, 1.807) is 59.1 Å². The quantitative estimate of drug-likeness (QED) is 0.0548. The Morgan fingerprint density at radius 2 is 0.924 bits per heavy atom. The molecule has 0 fully saturated rings. The summed E-state index contributed by atoms with van der Waals surface area (Å²) in [5, 5.41) is 20.0. The van der Waals surface area contributed by atoms with Crippen LogP contribution in [0.2, 0.25) is 0 Å². The van der Waals surface area contributed by atoms with Gasteiger partial charge in [-0.2, -0.15) is 0 Å². The standard InChI is InChI=1S/C56H72N2O6S2/c1-7-13-17-19-25-41-33-45(65-51(41)39-27-21-29-43(31-39)55(61)62)49-47-48(54(60)57(49)35-37(11-5)23-15-9-3)50(58(53(47)59)36-38(12-6)24-16-10-4)46-34-42(26-20-18-14-8-2)52(66-46)40-28-22-30-44(32-40)56(63)64/h21-22,27-34,37-38H,7-20,23-26,35-36H2,1-6H3,(H,61,62)(H,63,64). The maximum absolute atomic E-state index is 15.7. The van der Waals surface area contributed by atoms with E-state index < -0.39 is 11.9 Å². The molecule has 0 saturated carbocycles. The second-order valence-corrected chi connectivity index (χ2v) is 20.5. The number of carbonyl (C=O) groups is 4. The highest BCUT2D eigenvalue weighted by atomic mass is 32.1. The molecule has 0 radical (unpaired) electrons. The minimum atomic E-state index is -0.980. The summed E-state index contributed by atoms with van der Waals surface area (Å²) in [5.74, 6) is -1.76. The van der Waals surface area contributed by atoms with Gasteiger partial charge < -0.3 is 20.0 Å². The van der Waals surface area contributed by atoms with Gasteiger partial charge in [-0.05, 0) is 109 Å². The van der Waals surface area contributed by atoms with Crippen LogP contribution in [0.4, 0.5) is 0 Å². The van der Waals surface area contributed by atoms with E-state index in [1.165, 1.54) is 0 Å². The maximum Gasteiger partial charge on any atom is 0.335 e. The van der Waals surface area contributed by atoms with E-state index in [2.05, 4.69) is 53.7 Å². The van der Waals surface area contributed by atoms with Crippen molar-refractivity contribution in [1.82, 2.24) is 9.80 Å². The van der Waals surface area contributed by atoms with Crippen LogP contribution >= 0.6 is 22.7 Å². The lowest BCUT2D eigenvalue weighted by Gasteiger charge is -2.29. The number of carboxylic acid groups (broad SMARTS) is 2. The van der Waals surface area contributed by atoms with Gasteiger partial charge >= 0.3 is 11.9 Å². The second-order valence-electron chi connectivity index (χ2n) is 18.4. The molecule has 2 aliphatic rings. The van der Waals surface area contributed by atoms with Gasteiger partial charge in [0.1, 0.15) is 0 Å². The molecule has 2 N–H and O–H groups in total. The van der Waals surface area contributed by atoms with Gasteiger partial charge in [-0.25, -0.2) is 9.59 Å². The largest absolute Gasteiger partial charge is 0.478 e. The van der Waals surface area contributed by atoms with Crippen molar-refractivity contribution in [3.05, 3.63) is 104 Å². The number of carbonyl (C=O) groups excluding carboxylic acids is 2. The summed E-state index contributed by atoms with van der Waals surface area (Å²) >= 11 is 3.14. The fourth-order valence-corrected chi connectivity index (χ4v) is 12.2. The zero-order chi connectivity index (χ0) is 47.3. The Morgan fingerprint density at radius 1 is 0.530 bits per heavy atom. The van der Waals surface area contributed by atoms with Crippen LogP contribution in [0, 0.1) is 11.8 Å². The molecule has 0 spiro atoms. The summed E-state index contributed by atoms with van der Waals surface area (Å²) in [6, 6.07) is 18.6. The highest BCUT2D eigenvalue weighted by molar-refractivity contribution is 7.17. The number of carboxylic acids is 2. The molecule has 2 aliphatic heterocycles. The van der Waals surface area contributed by atoms with Crippen molar-refractivity contribution in [3.8, 4) is 20.9 Å². The van der Waals surface area contributed by atoms with E-state index in [0.29, 0.717) is 35.6 Å². The summed E-state index contributed by atoms with van der Waals surface area (Å²) in [6.07, 6.45) is 18.2. The van der Waals surface area contributed by atoms with Gasteiger partial charge in [-0.1, -0.05) is 143 Å². The van der Waals surface area contributed by atoms with Gasteiger partial charge in [0.25, 0.3) is 11.8 Å². The van der Waals surface area contributed by atoms with Crippen molar-refractivity contribution in [2.45, 2.75) is 157 Å². The Bertz CT molecular complexity index is 2240. The van der Waals surface area contributed by atoms with E-state index in [1.807, 2.05) is 21.9 Å². The first kappa shape index (κ1) is 50.6. The lowest BCUT2D eigenvalue weighted by Crippen LogP contribution is -2.34.